The largest absolute Gasteiger partial charge is 0.466 e. The van der Waals surface area contributed by atoms with E-state index in [-0.39, 0.29) is 17.7 Å². The number of aliphatic hydroxyl groups excluding tert-OH is 1. The van der Waals surface area contributed by atoms with Gasteiger partial charge < -0.3 is 19.7 Å². The Labute approximate surface area is 157 Å². The monoisotopic (exact) mass is 366 g/mol. The van der Waals surface area contributed by atoms with Crippen molar-refractivity contribution in [1.29, 1.82) is 0 Å². The fraction of sp³-hybridized carbons (Fsp3) is 0.762. The van der Waals surface area contributed by atoms with Crippen molar-refractivity contribution in [2.45, 2.75) is 89.6 Å². The summed E-state index contributed by atoms with van der Waals surface area (Å²) < 4.78 is 10.8. The van der Waals surface area contributed by atoms with Crippen LogP contribution in [0.4, 0.5) is 0 Å². The lowest BCUT2D eigenvalue weighted by Gasteiger charge is -2.28. The highest BCUT2D eigenvalue weighted by Crippen LogP contribution is 2.44. The molecule has 2 aliphatic rings. The third-order valence-corrected chi connectivity index (χ3v) is 5.86. The zero-order valence-corrected chi connectivity index (χ0v) is 16.7. The maximum Gasteiger partial charge on any atom is 0.333 e. The van der Waals surface area contributed by atoms with Gasteiger partial charge >= 0.3 is 5.97 Å². The Morgan fingerprint density at radius 1 is 1.31 bits per heavy atom. The molecule has 0 aromatic heterocycles. The Bertz CT molecular complexity index is 575. The van der Waals surface area contributed by atoms with Gasteiger partial charge in [-0.25, -0.2) is 4.79 Å². The van der Waals surface area contributed by atoms with E-state index in [2.05, 4.69) is 20.8 Å². The van der Waals surface area contributed by atoms with Crippen LogP contribution >= 0.6 is 0 Å². The summed E-state index contributed by atoms with van der Waals surface area (Å²) in [7, 11) is 1.38. The van der Waals surface area contributed by atoms with E-state index in [1.807, 2.05) is 12.2 Å². The first kappa shape index (κ1) is 21.1. The fourth-order valence-electron chi connectivity index (χ4n) is 3.61. The summed E-state index contributed by atoms with van der Waals surface area (Å²) in [5.41, 5.74) is 0.347. The molecule has 5 heteroatoms. The maximum atomic E-state index is 12.0. The molecule has 5 nitrogen and oxygen atoms in total. The minimum atomic E-state index is -1.25. The standard InChI is InChI=1S/C21H34O5/c1-14(2)16-10-12-21(4)18(26-21)9-8-15(19(23)25-5)7-6-11-20(3,24)17(22)13-16/h7,13-14,17-18,22,24H,6,8-12H2,1-5H3. The molecule has 1 aliphatic carbocycles. The van der Waals surface area contributed by atoms with Crippen molar-refractivity contribution in [3.63, 3.8) is 0 Å². The highest BCUT2D eigenvalue weighted by molar-refractivity contribution is 5.88. The fourth-order valence-corrected chi connectivity index (χ4v) is 3.61. The zero-order chi connectivity index (χ0) is 19.5. The summed E-state index contributed by atoms with van der Waals surface area (Å²) in [5, 5.41) is 21.2. The molecule has 1 heterocycles. The van der Waals surface area contributed by atoms with Gasteiger partial charge in [-0.2, -0.15) is 0 Å². The van der Waals surface area contributed by atoms with Crippen LogP contribution < -0.4 is 0 Å². The van der Waals surface area contributed by atoms with Crippen LogP contribution in [0, 0.1) is 5.92 Å². The number of ether oxygens (including phenoxy) is 2. The van der Waals surface area contributed by atoms with Crippen LogP contribution in [0.15, 0.2) is 23.3 Å². The van der Waals surface area contributed by atoms with E-state index in [0.29, 0.717) is 30.8 Å². The van der Waals surface area contributed by atoms with Gasteiger partial charge in [0.25, 0.3) is 0 Å². The molecule has 1 aliphatic heterocycles. The van der Waals surface area contributed by atoms with Gasteiger partial charge in [-0.1, -0.05) is 31.6 Å². The van der Waals surface area contributed by atoms with Crippen molar-refractivity contribution in [2.75, 3.05) is 7.11 Å². The molecule has 0 radical (unpaired) electrons. The van der Waals surface area contributed by atoms with Gasteiger partial charge in [0.1, 0.15) is 6.10 Å². The third kappa shape index (κ3) is 5.18. The number of hydrogen-bond donors (Lipinski definition) is 2. The van der Waals surface area contributed by atoms with Gasteiger partial charge in [-0.3, -0.25) is 0 Å². The van der Waals surface area contributed by atoms with E-state index in [4.69, 9.17) is 9.47 Å². The molecule has 0 aromatic rings. The number of rotatable bonds is 2. The van der Waals surface area contributed by atoms with Crippen LogP contribution in [-0.4, -0.2) is 46.7 Å². The molecule has 1 fully saturated rings. The van der Waals surface area contributed by atoms with Crippen molar-refractivity contribution in [3.05, 3.63) is 23.3 Å². The topological polar surface area (TPSA) is 79.3 Å². The summed E-state index contributed by atoms with van der Waals surface area (Å²) >= 11 is 0. The van der Waals surface area contributed by atoms with Gasteiger partial charge in [0.15, 0.2) is 0 Å². The molecular weight excluding hydrogens is 332 g/mol. The van der Waals surface area contributed by atoms with E-state index in [0.717, 1.165) is 24.8 Å². The van der Waals surface area contributed by atoms with Crippen LogP contribution in [0.3, 0.4) is 0 Å². The van der Waals surface area contributed by atoms with E-state index in [9.17, 15) is 15.0 Å². The van der Waals surface area contributed by atoms with Gasteiger partial charge in [-0.15, -0.1) is 0 Å². The molecule has 2 rings (SSSR count). The van der Waals surface area contributed by atoms with Crippen molar-refractivity contribution >= 4 is 5.97 Å². The van der Waals surface area contributed by atoms with E-state index >= 15 is 0 Å². The highest BCUT2D eigenvalue weighted by atomic mass is 16.6. The van der Waals surface area contributed by atoms with Crippen LogP contribution in [0.1, 0.15) is 66.2 Å². The zero-order valence-electron chi connectivity index (χ0n) is 16.7. The second-order valence-electron chi connectivity index (χ2n) is 8.42. The lowest BCUT2D eigenvalue weighted by molar-refractivity contribution is -0.136. The number of methoxy groups -OCH3 is 1. The minimum Gasteiger partial charge on any atom is -0.466 e. The highest BCUT2D eigenvalue weighted by Gasteiger charge is 2.51. The predicted molar refractivity (Wildman–Crippen MR) is 101 cm³/mol. The lowest BCUT2D eigenvalue weighted by atomic mass is 9.86. The number of allylic oxidation sites excluding steroid dienone is 2. The Hall–Kier alpha value is -1.17. The third-order valence-electron chi connectivity index (χ3n) is 5.86. The van der Waals surface area contributed by atoms with Crippen molar-refractivity contribution in [3.8, 4) is 0 Å². The molecule has 1 saturated heterocycles. The van der Waals surface area contributed by atoms with Crippen molar-refractivity contribution in [2.24, 2.45) is 5.92 Å². The SMILES string of the molecule is COC(=O)C1=CCCC(C)(O)C(O)C=C(C(C)C)CCC2(C)OC2CC1. The maximum absolute atomic E-state index is 12.0. The van der Waals surface area contributed by atoms with Crippen molar-refractivity contribution < 1.29 is 24.5 Å². The summed E-state index contributed by atoms with van der Waals surface area (Å²) in [4.78, 5) is 12.0. The van der Waals surface area contributed by atoms with Gasteiger partial charge in [-0.05, 0) is 58.3 Å². The second kappa shape index (κ2) is 8.24. The first-order valence-electron chi connectivity index (χ1n) is 9.65. The quantitative estimate of drug-likeness (QED) is 0.445. The van der Waals surface area contributed by atoms with E-state index in [1.165, 1.54) is 7.11 Å². The normalized spacial score (nSPS) is 36.5. The Morgan fingerprint density at radius 3 is 2.62 bits per heavy atom. The molecule has 4 unspecified atom stereocenters. The second-order valence-corrected chi connectivity index (χ2v) is 8.42. The molecule has 0 bridgehead atoms. The summed E-state index contributed by atoms with van der Waals surface area (Å²) in [6.45, 7) is 7.96. The minimum absolute atomic E-state index is 0.153. The molecule has 26 heavy (non-hydrogen) atoms. The number of carbonyl (C=O) groups excluding carboxylic acids is 1. The van der Waals surface area contributed by atoms with Crippen LogP contribution in [0.25, 0.3) is 0 Å². The number of esters is 1. The number of carbonyl (C=O) groups is 1. The van der Waals surface area contributed by atoms with Gasteiger partial charge in [0, 0.05) is 5.57 Å². The van der Waals surface area contributed by atoms with E-state index in [1.54, 1.807) is 6.92 Å². The summed E-state index contributed by atoms with van der Waals surface area (Å²) in [5.74, 6) is -0.0263. The molecule has 0 spiro atoms. The number of fused-ring (bicyclic) bond motifs is 1. The summed E-state index contributed by atoms with van der Waals surface area (Å²) in [6, 6.07) is 0. The first-order chi connectivity index (χ1) is 12.1. The smallest absolute Gasteiger partial charge is 0.333 e. The molecule has 0 aromatic carbocycles. The molecule has 4 atom stereocenters. The average Bonchev–Trinajstić information content (AvgIpc) is 3.22. The first-order valence-corrected chi connectivity index (χ1v) is 9.65. The molecule has 2 N–H and O–H groups in total. The summed E-state index contributed by atoms with van der Waals surface area (Å²) in [6.07, 6.45) is 6.80. The lowest BCUT2D eigenvalue weighted by Crippen LogP contribution is -2.38. The van der Waals surface area contributed by atoms with Crippen LogP contribution in [0.5, 0.6) is 0 Å². The predicted octanol–water partition coefficient (Wildman–Crippen LogP) is 3.29. The van der Waals surface area contributed by atoms with Crippen molar-refractivity contribution in [1.82, 2.24) is 0 Å². The van der Waals surface area contributed by atoms with Crippen LogP contribution in [-0.2, 0) is 14.3 Å². The molecular formula is C21H34O5. The van der Waals surface area contributed by atoms with Gasteiger partial charge in [0.05, 0.1) is 24.4 Å². The molecule has 148 valence electrons. The average molecular weight is 366 g/mol. The number of hydrogen-bond acceptors (Lipinski definition) is 5. The number of epoxide rings is 1. The van der Waals surface area contributed by atoms with Crippen LogP contribution in [0.2, 0.25) is 0 Å². The molecule has 0 amide bonds. The van der Waals surface area contributed by atoms with Gasteiger partial charge in [0.2, 0.25) is 0 Å². The van der Waals surface area contributed by atoms with E-state index < -0.39 is 11.7 Å². The number of aliphatic hydroxyl groups is 2. The Morgan fingerprint density at radius 2 is 2.00 bits per heavy atom. The molecule has 0 saturated carbocycles. The Kier molecular flexibility index (Phi) is 6.70. The Balaban J connectivity index is 2.25.